The molecule has 0 heterocycles. The SMILES string of the molecule is CCC(CNC(=O)[C@@H](N)CC(C)C)Oc1cccc(F)c1.Cl. The van der Waals surface area contributed by atoms with Crippen LogP contribution in [0, 0.1) is 11.7 Å². The summed E-state index contributed by atoms with van der Waals surface area (Å²) in [6.07, 6.45) is 1.14. The summed E-state index contributed by atoms with van der Waals surface area (Å²) in [7, 11) is 0. The topological polar surface area (TPSA) is 64.4 Å². The summed E-state index contributed by atoms with van der Waals surface area (Å²) in [6.45, 7) is 6.35. The van der Waals surface area contributed by atoms with Crippen LogP contribution in [0.4, 0.5) is 4.39 Å². The van der Waals surface area contributed by atoms with Gasteiger partial charge < -0.3 is 15.8 Å². The van der Waals surface area contributed by atoms with Crippen LogP contribution in [0.2, 0.25) is 0 Å². The Morgan fingerprint density at radius 2 is 2.09 bits per heavy atom. The Morgan fingerprint density at radius 1 is 1.41 bits per heavy atom. The molecule has 6 heteroatoms. The van der Waals surface area contributed by atoms with Gasteiger partial charge in [-0.2, -0.15) is 0 Å². The second-order valence-electron chi connectivity index (χ2n) is 5.59. The van der Waals surface area contributed by atoms with E-state index in [1.54, 1.807) is 12.1 Å². The van der Waals surface area contributed by atoms with Gasteiger partial charge in [-0.1, -0.05) is 26.8 Å². The molecule has 0 radical (unpaired) electrons. The van der Waals surface area contributed by atoms with E-state index in [9.17, 15) is 9.18 Å². The summed E-state index contributed by atoms with van der Waals surface area (Å²) in [5.41, 5.74) is 5.82. The van der Waals surface area contributed by atoms with Crippen LogP contribution in [0.1, 0.15) is 33.6 Å². The molecule has 0 fully saturated rings. The van der Waals surface area contributed by atoms with Crippen molar-refractivity contribution >= 4 is 18.3 Å². The molecule has 0 aliphatic heterocycles. The molecule has 3 N–H and O–H groups in total. The van der Waals surface area contributed by atoms with E-state index in [0.717, 1.165) is 0 Å². The van der Waals surface area contributed by atoms with Gasteiger partial charge >= 0.3 is 0 Å². The molecule has 1 unspecified atom stereocenters. The van der Waals surface area contributed by atoms with Gasteiger partial charge in [-0.05, 0) is 30.9 Å². The minimum absolute atomic E-state index is 0. The average Bonchev–Trinajstić information content (AvgIpc) is 2.42. The van der Waals surface area contributed by atoms with Crippen molar-refractivity contribution in [2.45, 2.75) is 45.8 Å². The van der Waals surface area contributed by atoms with Gasteiger partial charge in [0.05, 0.1) is 12.6 Å². The van der Waals surface area contributed by atoms with Crippen molar-refractivity contribution < 1.29 is 13.9 Å². The van der Waals surface area contributed by atoms with Crippen LogP contribution in [-0.4, -0.2) is 24.6 Å². The van der Waals surface area contributed by atoms with Crippen LogP contribution in [0.15, 0.2) is 24.3 Å². The van der Waals surface area contributed by atoms with Gasteiger partial charge in [-0.15, -0.1) is 12.4 Å². The zero-order chi connectivity index (χ0) is 15.8. The Hall–Kier alpha value is -1.33. The fourth-order valence-electron chi connectivity index (χ4n) is 1.96. The number of carbonyl (C=O) groups is 1. The second kappa shape index (κ2) is 10.4. The van der Waals surface area contributed by atoms with Gasteiger partial charge in [0.15, 0.2) is 0 Å². The van der Waals surface area contributed by atoms with Gasteiger partial charge in [0.1, 0.15) is 17.7 Å². The lowest BCUT2D eigenvalue weighted by atomic mass is 10.0. The number of ether oxygens (including phenoxy) is 1. The van der Waals surface area contributed by atoms with E-state index in [4.69, 9.17) is 10.5 Å². The fourth-order valence-corrected chi connectivity index (χ4v) is 1.96. The quantitative estimate of drug-likeness (QED) is 0.769. The van der Waals surface area contributed by atoms with E-state index >= 15 is 0 Å². The molecule has 1 rings (SSSR count). The molecule has 22 heavy (non-hydrogen) atoms. The molecule has 126 valence electrons. The molecule has 0 bridgehead atoms. The van der Waals surface area contributed by atoms with Crippen molar-refractivity contribution in [1.82, 2.24) is 5.32 Å². The highest BCUT2D eigenvalue weighted by atomic mass is 35.5. The first-order chi connectivity index (χ1) is 9.92. The van der Waals surface area contributed by atoms with Crippen LogP contribution in [0.3, 0.4) is 0 Å². The summed E-state index contributed by atoms with van der Waals surface area (Å²) < 4.78 is 18.8. The first-order valence-corrected chi connectivity index (χ1v) is 7.37. The number of hydrogen-bond acceptors (Lipinski definition) is 3. The number of rotatable bonds is 8. The summed E-state index contributed by atoms with van der Waals surface area (Å²) in [5.74, 6) is 0.314. The zero-order valence-electron chi connectivity index (χ0n) is 13.3. The third-order valence-electron chi connectivity index (χ3n) is 3.12. The van der Waals surface area contributed by atoms with Crippen LogP contribution in [0.25, 0.3) is 0 Å². The Labute approximate surface area is 138 Å². The lowest BCUT2D eigenvalue weighted by Crippen LogP contribution is -2.44. The second-order valence-corrected chi connectivity index (χ2v) is 5.59. The summed E-state index contributed by atoms with van der Waals surface area (Å²) in [6, 6.07) is 5.47. The maximum Gasteiger partial charge on any atom is 0.237 e. The molecule has 0 spiro atoms. The molecule has 1 aromatic rings. The number of amides is 1. The van der Waals surface area contributed by atoms with E-state index in [2.05, 4.69) is 5.32 Å². The third kappa shape index (κ3) is 7.61. The smallest absolute Gasteiger partial charge is 0.237 e. The van der Waals surface area contributed by atoms with Crippen molar-refractivity contribution in [3.05, 3.63) is 30.1 Å². The van der Waals surface area contributed by atoms with E-state index in [-0.39, 0.29) is 30.2 Å². The Bertz CT molecular complexity index is 458. The molecular formula is C16H26ClFN2O2. The molecule has 0 saturated carbocycles. The van der Waals surface area contributed by atoms with Gasteiger partial charge in [0, 0.05) is 6.07 Å². The van der Waals surface area contributed by atoms with Crippen molar-refractivity contribution in [1.29, 1.82) is 0 Å². The largest absolute Gasteiger partial charge is 0.489 e. The molecule has 2 atom stereocenters. The first kappa shape index (κ1) is 20.7. The lowest BCUT2D eigenvalue weighted by Gasteiger charge is -2.20. The molecular weight excluding hydrogens is 307 g/mol. The maximum atomic E-state index is 13.1. The van der Waals surface area contributed by atoms with E-state index in [1.807, 2.05) is 20.8 Å². The molecule has 1 amide bonds. The number of nitrogens with two attached hydrogens (primary N) is 1. The fraction of sp³-hybridized carbons (Fsp3) is 0.562. The van der Waals surface area contributed by atoms with Crippen molar-refractivity contribution in [3.8, 4) is 5.75 Å². The number of nitrogens with one attached hydrogen (secondary N) is 1. The predicted molar refractivity (Wildman–Crippen MR) is 88.8 cm³/mol. The normalized spacial score (nSPS) is 13.2. The van der Waals surface area contributed by atoms with Crippen LogP contribution < -0.4 is 15.8 Å². The van der Waals surface area contributed by atoms with E-state index < -0.39 is 6.04 Å². The number of carbonyl (C=O) groups excluding carboxylic acids is 1. The van der Waals surface area contributed by atoms with E-state index in [0.29, 0.717) is 31.1 Å². The summed E-state index contributed by atoms with van der Waals surface area (Å²) >= 11 is 0. The van der Waals surface area contributed by atoms with Crippen LogP contribution in [0.5, 0.6) is 5.75 Å². The van der Waals surface area contributed by atoms with Crippen molar-refractivity contribution in [2.24, 2.45) is 11.7 Å². The Balaban J connectivity index is 0.00000441. The van der Waals surface area contributed by atoms with E-state index in [1.165, 1.54) is 12.1 Å². The van der Waals surface area contributed by atoms with Gasteiger partial charge in [-0.25, -0.2) is 4.39 Å². The number of hydrogen-bond donors (Lipinski definition) is 2. The van der Waals surface area contributed by atoms with Gasteiger partial charge in [0.2, 0.25) is 5.91 Å². The molecule has 0 aliphatic rings. The first-order valence-electron chi connectivity index (χ1n) is 7.37. The average molecular weight is 333 g/mol. The predicted octanol–water partition coefficient (Wildman–Crippen LogP) is 2.89. The third-order valence-corrected chi connectivity index (χ3v) is 3.12. The molecule has 0 aliphatic carbocycles. The highest BCUT2D eigenvalue weighted by Crippen LogP contribution is 2.14. The van der Waals surface area contributed by atoms with Crippen molar-refractivity contribution in [2.75, 3.05) is 6.54 Å². The highest BCUT2D eigenvalue weighted by Gasteiger charge is 2.17. The van der Waals surface area contributed by atoms with Crippen molar-refractivity contribution in [3.63, 3.8) is 0 Å². The maximum absolute atomic E-state index is 13.1. The Morgan fingerprint density at radius 3 is 2.64 bits per heavy atom. The standard InChI is InChI=1S/C16H25FN2O2.ClH/c1-4-13(21-14-7-5-6-12(17)9-14)10-19-16(20)15(18)8-11(2)3;/h5-7,9,11,13,15H,4,8,10,18H2,1-3H3,(H,19,20);1H/t13?,15-;/m0./s1. The zero-order valence-corrected chi connectivity index (χ0v) is 14.2. The molecule has 0 aromatic heterocycles. The lowest BCUT2D eigenvalue weighted by molar-refractivity contribution is -0.123. The van der Waals surface area contributed by atoms with Crippen LogP contribution >= 0.6 is 12.4 Å². The molecule has 4 nitrogen and oxygen atoms in total. The minimum atomic E-state index is -0.503. The molecule has 0 saturated heterocycles. The number of halogens is 2. The van der Waals surface area contributed by atoms with Gasteiger partial charge in [-0.3, -0.25) is 4.79 Å². The highest BCUT2D eigenvalue weighted by molar-refractivity contribution is 5.85. The monoisotopic (exact) mass is 332 g/mol. The summed E-state index contributed by atoms with van der Waals surface area (Å²) in [4.78, 5) is 11.9. The minimum Gasteiger partial charge on any atom is -0.489 e. The number of benzene rings is 1. The van der Waals surface area contributed by atoms with Gasteiger partial charge in [0.25, 0.3) is 0 Å². The summed E-state index contributed by atoms with van der Waals surface area (Å²) in [5, 5.41) is 2.79. The Kier molecular flexibility index (Phi) is 9.78. The molecule has 1 aromatic carbocycles. The van der Waals surface area contributed by atoms with Crippen LogP contribution in [-0.2, 0) is 4.79 Å².